The molecule has 3 aliphatic rings. The van der Waals surface area contributed by atoms with Crippen LogP contribution in [0.2, 0.25) is 0 Å². The van der Waals surface area contributed by atoms with Crippen molar-refractivity contribution in [3.63, 3.8) is 0 Å². The van der Waals surface area contributed by atoms with Crippen molar-refractivity contribution < 1.29 is 27.6 Å². The summed E-state index contributed by atoms with van der Waals surface area (Å²) in [7, 11) is 0. The molecule has 2 aromatic rings. The highest BCUT2D eigenvalue weighted by atomic mass is 19.4. The summed E-state index contributed by atoms with van der Waals surface area (Å²) in [5.41, 5.74) is 0.0895. The maximum atomic E-state index is 13.4. The number of imide groups is 1. The van der Waals surface area contributed by atoms with Crippen molar-refractivity contribution in [2.45, 2.75) is 43.8 Å². The van der Waals surface area contributed by atoms with Crippen LogP contribution in [-0.2, 0) is 27.7 Å². The molecule has 10 heteroatoms. The smallest absolute Gasteiger partial charge is 0.370 e. The van der Waals surface area contributed by atoms with Gasteiger partial charge in [0, 0.05) is 13.1 Å². The normalized spacial score (nSPS) is 21.9. The number of carbonyl (C=O) groups excluding carboxylic acids is 3. The average Bonchev–Trinajstić information content (AvgIpc) is 3.32. The highest BCUT2D eigenvalue weighted by Crippen LogP contribution is 2.41. The number of hydrogen-bond donors (Lipinski definition) is 2. The van der Waals surface area contributed by atoms with E-state index in [-0.39, 0.29) is 5.69 Å². The maximum Gasteiger partial charge on any atom is 0.416 e. The summed E-state index contributed by atoms with van der Waals surface area (Å²) >= 11 is 0. The number of nitrogens with one attached hydrogen (secondary N) is 2. The van der Waals surface area contributed by atoms with Crippen LogP contribution in [0.25, 0.3) is 0 Å². The quantitative estimate of drug-likeness (QED) is 0.640. The summed E-state index contributed by atoms with van der Waals surface area (Å²) in [6.07, 6.45) is -0.725. The molecule has 1 spiro atoms. The first kappa shape index (κ1) is 23.2. The van der Waals surface area contributed by atoms with Crippen LogP contribution in [0, 0.1) is 0 Å². The fourth-order valence-electron chi connectivity index (χ4n) is 5.29. The highest BCUT2D eigenvalue weighted by molar-refractivity contribution is 6.11. The summed E-state index contributed by atoms with van der Waals surface area (Å²) in [4.78, 5) is 41.7. The molecule has 0 aromatic heterocycles. The number of aryl methyl sites for hydroxylation is 1. The lowest BCUT2D eigenvalue weighted by Gasteiger charge is -2.31. The van der Waals surface area contributed by atoms with Gasteiger partial charge in [0.05, 0.1) is 16.9 Å². The van der Waals surface area contributed by atoms with Crippen molar-refractivity contribution in [2.75, 3.05) is 29.9 Å². The lowest BCUT2D eigenvalue weighted by molar-refractivity contribution is -0.137. The van der Waals surface area contributed by atoms with Gasteiger partial charge in [0.15, 0.2) is 0 Å². The van der Waals surface area contributed by atoms with Gasteiger partial charge in [-0.2, -0.15) is 13.2 Å². The van der Waals surface area contributed by atoms with Crippen LogP contribution in [0.5, 0.6) is 0 Å². The van der Waals surface area contributed by atoms with Crippen LogP contribution in [0.1, 0.15) is 42.4 Å². The van der Waals surface area contributed by atoms with E-state index >= 15 is 0 Å². The van der Waals surface area contributed by atoms with Crippen molar-refractivity contribution in [3.05, 3.63) is 59.2 Å². The monoisotopic (exact) mass is 486 g/mol. The van der Waals surface area contributed by atoms with Gasteiger partial charge in [-0.3, -0.25) is 14.5 Å². The SMILES string of the molecule is O=C(CN1C(=O)NC2(CCc3ccccc32)C1=O)Nc1cc(C(F)(F)F)ccc1N1CCCCC1. The van der Waals surface area contributed by atoms with Crippen LogP contribution in [0.3, 0.4) is 0 Å². The van der Waals surface area contributed by atoms with Gasteiger partial charge in [0.2, 0.25) is 5.91 Å². The van der Waals surface area contributed by atoms with E-state index in [2.05, 4.69) is 10.6 Å². The van der Waals surface area contributed by atoms with Crippen LogP contribution in [-0.4, -0.2) is 42.4 Å². The van der Waals surface area contributed by atoms with E-state index in [9.17, 15) is 27.6 Å². The average molecular weight is 486 g/mol. The third kappa shape index (κ3) is 4.11. The molecule has 184 valence electrons. The van der Waals surface area contributed by atoms with Gasteiger partial charge in [-0.1, -0.05) is 24.3 Å². The minimum Gasteiger partial charge on any atom is -0.370 e. The number of alkyl halides is 3. The number of halogens is 3. The van der Waals surface area contributed by atoms with Gasteiger partial charge in [0.1, 0.15) is 12.1 Å². The second-order valence-electron chi connectivity index (χ2n) is 9.21. The molecule has 2 N–H and O–H groups in total. The largest absolute Gasteiger partial charge is 0.416 e. The van der Waals surface area contributed by atoms with Crippen molar-refractivity contribution in [1.29, 1.82) is 0 Å². The number of piperidine rings is 1. The molecule has 2 aromatic carbocycles. The Balaban J connectivity index is 1.37. The minimum absolute atomic E-state index is 0.0136. The fourth-order valence-corrected chi connectivity index (χ4v) is 5.29. The Morgan fingerprint density at radius 1 is 1.06 bits per heavy atom. The Morgan fingerprint density at radius 3 is 2.54 bits per heavy atom. The number of carbonyl (C=O) groups is 3. The Bertz CT molecular complexity index is 1190. The third-order valence-corrected chi connectivity index (χ3v) is 7.02. The zero-order valence-electron chi connectivity index (χ0n) is 19.0. The molecule has 2 heterocycles. The molecule has 1 unspecified atom stereocenters. The van der Waals surface area contributed by atoms with E-state index in [1.54, 1.807) is 12.1 Å². The minimum atomic E-state index is -4.58. The highest BCUT2D eigenvalue weighted by Gasteiger charge is 2.55. The summed E-state index contributed by atoms with van der Waals surface area (Å²) < 4.78 is 40.1. The number of urea groups is 1. The molecular formula is C25H25F3N4O3. The molecule has 5 rings (SSSR count). The Kier molecular flexibility index (Phi) is 5.69. The molecule has 2 fully saturated rings. The molecule has 1 aliphatic carbocycles. The molecule has 2 aliphatic heterocycles. The first-order valence-electron chi connectivity index (χ1n) is 11.7. The van der Waals surface area contributed by atoms with E-state index in [4.69, 9.17) is 0 Å². The zero-order valence-corrected chi connectivity index (χ0v) is 19.0. The number of amides is 4. The van der Waals surface area contributed by atoms with Crippen molar-refractivity contribution in [2.24, 2.45) is 0 Å². The molecule has 0 bridgehead atoms. The molecule has 1 atom stereocenters. The lowest BCUT2D eigenvalue weighted by Crippen LogP contribution is -2.43. The predicted molar refractivity (Wildman–Crippen MR) is 123 cm³/mol. The van der Waals surface area contributed by atoms with E-state index in [1.807, 2.05) is 17.0 Å². The number of benzene rings is 2. The predicted octanol–water partition coefficient (Wildman–Crippen LogP) is 4.03. The van der Waals surface area contributed by atoms with Crippen LogP contribution >= 0.6 is 0 Å². The first-order valence-corrected chi connectivity index (χ1v) is 11.7. The number of rotatable bonds is 4. The summed E-state index contributed by atoms with van der Waals surface area (Å²) in [5.74, 6) is -1.27. The van der Waals surface area contributed by atoms with E-state index < -0.39 is 41.7 Å². The van der Waals surface area contributed by atoms with Gasteiger partial charge >= 0.3 is 12.2 Å². The van der Waals surface area contributed by atoms with E-state index in [0.29, 0.717) is 37.2 Å². The Labute approximate surface area is 200 Å². The molecule has 2 saturated heterocycles. The van der Waals surface area contributed by atoms with Crippen LogP contribution < -0.4 is 15.5 Å². The molecule has 35 heavy (non-hydrogen) atoms. The van der Waals surface area contributed by atoms with Crippen LogP contribution in [0.4, 0.5) is 29.3 Å². The van der Waals surface area contributed by atoms with Gasteiger partial charge in [-0.15, -0.1) is 0 Å². The van der Waals surface area contributed by atoms with Gasteiger partial charge < -0.3 is 15.5 Å². The molecule has 7 nitrogen and oxygen atoms in total. The number of nitrogens with zero attached hydrogens (tertiary/aromatic N) is 2. The number of fused-ring (bicyclic) bond motifs is 2. The van der Waals surface area contributed by atoms with Crippen molar-refractivity contribution in [1.82, 2.24) is 10.2 Å². The van der Waals surface area contributed by atoms with Gasteiger partial charge in [-0.05, 0) is 61.4 Å². The van der Waals surface area contributed by atoms with E-state index in [1.165, 1.54) is 6.07 Å². The van der Waals surface area contributed by atoms with Crippen molar-refractivity contribution in [3.8, 4) is 0 Å². The summed E-state index contributed by atoms with van der Waals surface area (Å²) in [6.45, 7) is 0.747. The second kappa shape index (κ2) is 8.58. The molecule has 0 saturated carbocycles. The van der Waals surface area contributed by atoms with Gasteiger partial charge in [-0.25, -0.2) is 4.79 Å². The molecule has 4 amide bonds. The topological polar surface area (TPSA) is 81.8 Å². The van der Waals surface area contributed by atoms with Gasteiger partial charge in [0.25, 0.3) is 5.91 Å². The lowest BCUT2D eigenvalue weighted by atomic mass is 9.92. The zero-order chi connectivity index (χ0) is 24.8. The summed E-state index contributed by atoms with van der Waals surface area (Å²) in [5, 5.41) is 5.28. The van der Waals surface area contributed by atoms with E-state index in [0.717, 1.165) is 41.9 Å². The molecular weight excluding hydrogens is 461 g/mol. The number of hydrogen-bond acceptors (Lipinski definition) is 4. The Morgan fingerprint density at radius 2 is 1.80 bits per heavy atom. The standard InChI is InChI=1S/C25H25F3N4O3/c26-25(27,28)17-8-9-20(31-12-4-1-5-13-31)19(14-17)29-21(33)15-32-22(34)24(30-23(32)35)11-10-16-6-2-3-7-18(16)24/h2-3,6-9,14H,1,4-5,10-13,15H2,(H,29,33)(H,30,35). The Hall–Kier alpha value is -3.56. The second-order valence-corrected chi connectivity index (χ2v) is 9.21. The fraction of sp³-hybridized carbons (Fsp3) is 0.400. The summed E-state index contributed by atoms with van der Waals surface area (Å²) in [6, 6.07) is 9.91. The maximum absolute atomic E-state index is 13.4. The molecule has 0 radical (unpaired) electrons. The third-order valence-electron chi connectivity index (χ3n) is 7.02. The first-order chi connectivity index (χ1) is 16.7. The van der Waals surface area contributed by atoms with Crippen LogP contribution in [0.15, 0.2) is 42.5 Å². The van der Waals surface area contributed by atoms with Crippen molar-refractivity contribution >= 4 is 29.2 Å². The number of anilines is 2.